The summed E-state index contributed by atoms with van der Waals surface area (Å²) in [5.74, 6) is 0.413. The molecule has 1 aliphatic rings. The molecule has 2 aromatic heterocycles. The van der Waals surface area contributed by atoms with Crippen molar-refractivity contribution in [2.75, 3.05) is 13.1 Å². The third-order valence-corrected chi connectivity index (χ3v) is 2.86. The molecule has 1 saturated heterocycles. The number of aromatic nitrogens is 2. The Balaban J connectivity index is 1.95. The number of pyridine rings is 1. The number of fused-ring (bicyclic) bond motifs is 1. The molecule has 0 aliphatic carbocycles. The average Bonchev–Trinajstić information content (AvgIpc) is 2.56. The molecule has 78 valence electrons. The molecule has 3 heterocycles. The molecule has 0 unspecified atom stereocenters. The molecule has 0 atom stereocenters. The summed E-state index contributed by atoms with van der Waals surface area (Å²) < 4.78 is 14.8. The van der Waals surface area contributed by atoms with E-state index in [4.69, 9.17) is 0 Å². The molecule has 0 spiro atoms. The highest BCUT2D eigenvalue weighted by molar-refractivity contribution is 5.39. The zero-order chi connectivity index (χ0) is 10.3. The highest BCUT2D eigenvalue weighted by Crippen LogP contribution is 2.14. The van der Waals surface area contributed by atoms with Gasteiger partial charge in [0.05, 0.1) is 5.69 Å². The van der Waals surface area contributed by atoms with Gasteiger partial charge >= 0.3 is 0 Å². The lowest BCUT2D eigenvalue weighted by molar-refractivity contribution is 0.344. The van der Waals surface area contributed by atoms with Crippen LogP contribution in [0.25, 0.3) is 5.65 Å². The largest absolute Gasteiger partial charge is 0.316 e. The molecule has 15 heavy (non-hydrogen) atoms. The fourth-order valence-corrected chi connectivity index (χ4v) is 1.91. The van der Waals surface area contributed by atoms with Crippen LogP contribution in [-0.4, -0.2) is 22.5 Å². The van der Waals surface area contributed by atoms with Gasteiger partial charge in [0.15, 0.2) is 5.95 Å². The Kier molecular flexibility index (Phi) is 1.95. The Morgan fingerprint density at radius 2 is 2.33 bits per heavy atom. The van der Waals surface area contributed by atoms with Gasteiger partial charge in [-0.3, -0.25) is 4.40 Å². The van der Waals surface area contributed by atoms with Gasteiger partial charge in [0.2, 0.25) is 0 Å². The van der Waals surface area contributed by atoms with Crippen molar-refractivity contribution >= 4 is 5.65 Å². The molecule has 0 saturated carbocycles. The first-order valence-corrected chi connectivity index (χ1v) is 5.16. The van der Waals surface area contributed by atoms with Crippen molar-refractivity contribution in [2.45, 2.75) is 6.42 Å². The van der Waals surface area contributed by atoms with E-state index in [1.54, 1.807) is 12.3 Å². The van der Waals surface area contributed by atoms with Gasteiger partial charge in [0.1, 0.15) is 5.65 Å². The highest BCUT2D eigenvalue weighted by atomic mass is 19.1. The fraction of sp³-hybridized carbons (Fsp3) is 0.364. The van der Waals surface area contributed by atoms with E-state index in [0.717, 1.165) is 25.2 Å². The number of nitrogens with one attached hydrogen (secondary N) is 1. The summed E-state index contributed by atoms with van der Waals surface area (Å²) in [6.45, 7) is 2.10. The van der Waals surface area contributed by atoms with Crippen molar-refractivity contribution in [1.82, 2.24) is 14.7 Å². The highest BCUT2D eigenvalue weighted by Gasteiger charge is 2.18. The second-order valence-electron chi connectivity index (χ2n) is 4.04. The van der Waals surface area contributed by atoms with Gasteiger partial charge in [-0.05, 0) is 37.6 Å². The predicted molar refractivity (Wildman–Crippen MR) is 55.2 cm³/mol. The van der Waals surface area contributed by atoms with E-state index >= 15 is 0 Å². The van der Waals surface area contributed by atoms with Gasteiger partial charge in [0.25, 0.3) is 0 Å². The predicted octanol–water partition coefficient (Wildman–Crippen LogP) is 1.24. The number of rotatable bonds is 2. The Morgan fingerprint density at radius 3 is 3.00 bits per heavy atom. The molecule has 1 N–H and O–H groups in total. The third-order valence-electron chi connectivity index (χ3n) is 2.86. The minimum atomic E-state index is -0.252. The smallest absolute Gasteiger partial charge is 0.199 e. The van der Waals surface area contributed by atoms with Gasteiger partial charge < -0.3 is 5.32 Å². The summed E-state index contributed by atoms with van der Waals surface area (Å²) in [4.78, 5) is 4.39. The van der Waals surface area contributed by atoms with Gasteiger partial charge in [-0.15, -0.1) is 0 Å². The maximum Gasteiger partial charge on any atom is 0.199 e. The van der Waals surface area contributed by atoms with Crippen molar-refractivity contribution in [2.24, 2.45) is 5.92 Å². The number of imidazole rings is 1. The molecule has 1 aliphatic heterocycles. The first kappa shape index (κ1) is 8.85. The van der Waals surface area contributed by atoms with Crippen molar-refractivity contribution < 1.29 is 4.39 Å². The molecular weight excluding hydrogens is 193 g/mol. The molecule has 3 rings (SSSR count). The van der Waals surface area contributed by atoms with Crippen LogP contribution in [-0.2, 0) is 6.42 Å². The summed E-state index contributed by atoms with van der Waals surface area (Å²) in [6, 6.07) is 4.96. The summed E-state index contributed by atoms with van der Waals surface area (Å²) >= 11 is 0. The van der Waals surface area contributed by atoms with Crippen LogP contribution in [0.2, 0.25) is 0 Å². The average molecular weight is 205 g/mol. The Morgan fingerprint density at radius 1 is 1.47 bits per heavy atom. The molecule has 1 fully saturated rings. The van der Waals surface area contributed by atoms with Crippen molar-refractivity contribution in [3.63, 3.8) is 0 Å². The van der Waals surface area contributed by atoms with E-state index in [-0.39, 0.29) is 5.95 Å². The topological polar surface area (TPSA) is 29.3 Å². The fourth-order valence-electron chi connectivity index (χ4n) is 1.91. The molecular formula is C11H12FN3. The van der Waals surface area contributed by atoms with Gasteiger partial charge in [-0.25, -0.2) is 4.98 Å². The van der Waals surface area contributed by atoms with E-state index in [1.807, 2.05) is 6.07 Å². The number of hydrogen-bond acceptors (Lipinski definition) is 2. The number of halogens is 1. The number of hydrogen-bond donors (Lipinski definition) is 1. The van der Waals surface area contributed by atoms with Crippen molar-refractivity contribution in [3.05, 3.63) is 36.0 Å². The first-order valence-electron chi connectivity index (χ1n) is 5.16. The Labute approximate surface area is 86.9 Å². The van der Waals surface area contributed by atoms with Crippen LogP contribution in [0.15, 0.2) is 24.4 Å². The van der Waals surface area contributed by atoms with E-state index in [1.165, 1.54) is 10.5 Å². The minimum absolute atomic E-state index is 0.252. The van der Waals surface area contributed by atoms with E-state index < -0.39 is 0 Å². The monoisotopic (exact) mass is 205 g/mol. The van der Waals surface area contributed by atoms with Crippen LogP contribution < -0.4 is 5.32 Å². The lowest BCUT2D eigenvalue weighted by atomic mass is 9.98. The van der Waals surface area contributed by atoms with Gasteiger partial charge in [0, 0.05) is 6.20 Å². The maximum absolute atomic E-state index is 13.3. The summed E-state index contributed by atoms with van der Waals surface area (Å²) in [6.07, 6.45) is 2.73. The summed E-state index contributed by atoms with van der Waals surface area (Å²) in [7, 11) is 0. The molecule has 0 amide bonds. The maximum atomic E-state index is 13.3. The second kappa shape index (κ2) is 3.31. The van der Waals surface area contributed by atoms with Crippen LogP contribution in [0.5, 0.6) is 0 Å². The van der Waals surface area contributed by atoms with E-state index in [2.05, 4.69) is 10.3 Å². The van der Waals surface area contributed by atoms with Crippen LogP contribution in [0, 0.1) is 11.9 Å². The van der Waals surface area contributed by atoms with Gasteiger partial charge in [-0.2, -0.15) is 4.39 Å². The minimum Gasteiger partial charge on any atom is -0.316 e. The second-order valence-corrected chi connectivity index (χ2v) is 4.04. The lowest BCUT2D eigenvalue weighted by Crippen LogP contribution is -2.43. The van der Waals surface area contributed by atoms with Crippen molar-refractivity contribution in [1.29, 1.82) is 0 Å². The van der Waals surface area contributed by atoms with E-state index in [0.29, 0.717) is 11.6 Å². The SMILES string of the molecule is Fc1cccc2nc(CC3CNC3)cn12. The normalized spacial score (nSPS) is 16.9. The van der Waals surface area contributed by atoms with E-state index in [9.17, 15) is 4.39 Å². The molecule has 2 aromatic rings. The number of nitrogens with zero attached hydrogens (tertiary/aromatic N) is 2. The quantitative estimate of drug-likeness (QED) is 0.747. The standard InChI is InChI=1S/C11H12FN3/c12-10-2-1-3-11-14-9(7-15(10)11)4-8-5-13-6-8/h1-3,7-8,13H,4-6H2. The molecule has 4 heteroatoms. The first-order chi connectivity index (χ1) is 7.33. The van der Waals surface area contributed by atoms with Gasteiger partial charge in [-0.1, -0.05) is 6.07 Å². The van der Waals surface area contributed by atoms with Crippen LogP contribution in [0.1, 0.15) is 5.69 Å². The lowest BCUT2D eigenvalue weighted by Gasteiger charge is -2.25. The molecule has 0 aromatic carbocycles. The van der Waals surface area contributed by atoms with Crippen molar-refractivity contribution in [3.8, 4) is 0 Å². The van der Waals surface area contributed by atoms with Crippen LogP contribution in [0.4, 0.5) is 4.39 Å². The Hall–Kier alpha value is -1.42. The van der Waals surface area contributed by atoms with Crippen LogP contribution in [0.3, 0.4) is 0 Å². The third kappa shape index (κ3) is 1.51. The summed E-state index contributed by atoms with van der Waals surface area (Å²) in [5.41, 5.74) is 1.67. The molecule has 3 nitrogen and oxygen atoms in total. The zero-order valence-electron chi connectivity index (χ0n) is 8.28. The van der Waals surface area contributed by atoms with Crippen LogP contribution >= 0.6 is 0 Å². The molecule has 0 bridgehead atoms. The summed E-state index contributed by atoms with van der Waals surface area (Å²) in [5, 5.41) is 3.22. The molecule has 0 radical (unpaired) electrons. The Bertz CT molecular complexity index is 488. The zero-order valence-corrected chi connectivity index (χ0v) is 8.28.